The maximum atomic E-state index is 12.6. The second-order valence-electron chi connectivity index (χ2n) is 3.87. The lowest BCUT2D eigenvalue weighted by atomic mass is 10.0. The molecule has 0 saturated carbocycles. The zero-order valence-electron chi connectivity index (χ0n) is 8.92. The van der Waals surface area contributed by atoms with Crippen molar-refractivity contribution in [2.24, 2.45) is 5.92 Å². The van der Waals surface area contributed by atoms with Gasteiger partial charge >= 0.3 is 0 Å². The van der Waals surface area contributed by atoms with Gasteiger partial charge in [-0.15, -0.1) is 0 Å². The van der Waals surface area contributed by atoms with Gasteiger partial charge in [-0.3, -0.25) is 4.98 Å². The summed E-state index contributed by atoms with van der Waals surface area (Å²) in [6, 6.07) is 3.40. The molecule has 1 heterocycles. The minimum absolute atomic E-state index is 0.218. The van der Waals surface area contributed by atoms with Gasteiger partial charge in [0.2, 0.25) is 0 Å². The number of nitrogens with one attached hydrogen (secondary N) is 1. The van der Waals surface area contributed by atoms with E-state index in [9.17, 15) is 4.39 Å². The van der Waals surface area contributed by atoms with Gasteiger partial charge < -0.3 is 5.32 Å². The van der Waals surface area contributed by atoms with Crippen molar-refractivity contribution in [2.45, 2.75) is 26.3 Å². The normalized spacial score (nSPS) is 13.2. The van der Waals surface area contributed by atoms with Crippen molar-refractivity contribution in [1.29, 1.82) is 0 Å². The lowest BCUT2D eigenvalue weighted by Crippen LogP contribution is -2.19. The van der Waals surface area contributed by atoms with Crippen molar-refractivity contribution in [3.05, 3.63) is 29.8 Å². The van der Waals surface area contributed by atoms with Crippen molar-refractivity contribution in [3.63, 3.8) is 0 Å². The lowest BCUT2D eigenvalue weighted by Gasteiger charge is -2.17. The predicted octanol–water partition coefficient (Wildman–Crippen LogP) is 2.53. The summed E-state index contributed by atoms with van der Waals surface area (Å²) in [6.45, 7) is 4.32. The number of halogens is 1. The lowest BCUT2D eigenvalue weighted by molar-refractivity contribution is 0.447. The first-order chi connectivity index (χ1) is 6.63. The molecule has 0 aliphatic heterocycles. The fourth-order valence-electron chi connectivity index (χ4n) is 1.45. The first kappa shape index (κ1) is 11.1. The van der Waals surface area contributed by atoms with Crippen LogP contribution in [-0.2, 0) is 0 Å². The fraction of sp³-hybridized carbons (Fsp3) is 0.545. The number of aromatic nitrogens is 1. The van der Waals surface area contributed by atoms with Gasteiger partial charge in [0.15, 0.2) is 0 Å². The molecule has 14 heavy (non-hydrogen) atoms. The Hall–Kier alpha value is -0.960. The molecule has 0 bridgehead atoms. The number of rotatable bonds is 4. The van der Waals surface area contributed by atoms with Crippen molar-refractivity contribution in [3.8, 4) is 0 Å². The van der Waals surface area contributed by atoms with Crippen molar-refractivity contribution >= 4 is 0 Å². The van der Waals surface area contributed by atoms with Crippen LogP contribution in [0.25, 0.3) is 0 Å². The van der Waals surface area contributed by atoms with Gasteiger partial charge in [-0.25, -0.2) is 4.39 Å². The Morgan fingerprint density at radius 1 is 1.43 bits per heavy atom. The third-order valence-corrected chi connectivity index (χ3v) is 2.16. The van der Waals surface area contributed by atoms with E-state index in [1.165, 1.54) is 12.3 Å². The second kappa shape index (κ2) is 5.05. The molecule has 0 aliphatic carbocycles. The maximum Gasteiger partial charge on any atom is 0.141 e. The predicted molar refractivity (Wildman–Crippen MR) is 55.5 cm³/mol. The smallest absolute Gasteiger partial charge is 0.141 e. The molecule has 2 nitrogen and oxygen atoms in total. The third-order valence-electron chi connectivity index (χ3n) is 2.16. The zero-order valence-corrected chi connectivity index (χ0v) is 8.92. The van der Waals surface area contributed by atoms with E-state index < -0.39 is 0 Å². The molecule has 0 radical (unpaired) electrons. The van der Waals surface area contributed by atoms with Crippen LogP contribution in [0.4, 0.5) is 4.39 Å². The minimum Gasteiger partial charge on any atom is -0.312 e. The average Bonchev–Trinajstić information content (AvgIpc) is 2.15. The molecular formula is C11H17FN2. The van der Waals surface area contributed by atoms with Gasteiger partial charge in [0, 0.05) is 6.04 Å². The summed E-state index contributed by atoms with van der Waals surface area (Å²) < 4.78 is 12.6. The summed E-state index contributed by atoms with van der Waals surface area (Å²) in [5, 5.41) is 3.18. The van der Waals surface area contributed by atoms with Crippen LogP contribution in [0.1, 0.15) is 32.0 Å². The summed E-state index contributed by atoms with van der Waals surface area (Å²) in [5.74, 6) is 0.312. The molecule has 0 saturated heterocycles. The van der Waals surface area contributed by atoms with Gasteiger partial charge in [-0.05, 0) is 31.5 Å². The molecule has 0 fully saturated rings. The average molecular weight is 196 g/mol. The second-order valence-corrected chi connectivity index (χ2v) is 3.87. The molecule has 1 atom stereocenters. The Balaban J connectivity index is 2.73. The molecule has 1 aromatic heterocycles. The van der Waals surface area contributed by atoms with Crippen LogP contribution in [0.3, 0.4) is 0 Å². The van der Waals surface area contributed by atoms with Crippen LogP contribution in [0.2, 0.25) is 0 Å². The van der Waals surface area contributed by atoms with Crippen LogP contribution in [-0.4, -0.2) is 12.0 Å². The summed E-state index contributed by atoms with van der Waals surface area (Å²) in [7, 11) is 1.90. The molecular weight excluding hydrogens is 179 g/mol. The molecule has 1 aromatic rings. The number of nitrogens with zero attached hydrogens (tertiary/aromatic N) is 1. The first-order valence-electron chi connectivity index (χ1n) is 4.92. The van der Waals surface area contributed by atoms with E-state index in [1.54, 1.807) is 6.07 Å². The fourth-order valence-corrected chi connectivity index (χ4v) is 1.45. The van der Waals surface area contributed by atoms with E-state index in [4.69, 9.17) is 0 Å². The third kappa shape index (κ3) is 3.07. The highest BCUT2D eigenvalue weighted by Crippen LogP contribution is 2.18. The van der Waals surface area contributed by atoms with Crippen LogP contribution in [0.5, 0.6) is 0 Å². The topological polar surface area (TPSA) is 24.9 Å². The van der Waals surface area contributed by atoms with E-state index in [2.05, 4.69) is 24.1 Å². The van der Waals surface area contributed by atoms with Gasteiger partial charge in [-0.1, -0.05) is 13.8 Å². The summed E-state index contributed by atoms with van der Waals surface area (Å²) in [6.07, 6.45) is 2.27. The Kier molecular flexibility index (Phi) is 4.01. The van der Waals surface area contributed by atoms with Gasteiger partial charge in [0.25, 0.3) is 0 Å². The molecule has 0 aliphatic rings. The Morgan fingerprint density at radius 3 is 2.57 bits per heavy atom. The molecule has 0 amide bonds. The Bertz CT molecular complexity index is 269. The van der Waals surface area contributed by atoms with Gasteiger partial charge in [0.05, 0.1) is 11.9 Å². The summed E-state index contributed by atoms with van der Waals surface area (Å²) in [5.41, 5.74) is 0.905. The van der Waals surface area contributed by atoms with E-state index in [1.807, 2.05) is 7.05 Å². The number of hydrogen-bond donors (Lipinski definition) is 1. The van der Waals surface area contributed by atoms with Crippen molar-refractivity contribution < 1.29 is 4.39 Å². The largest absolute Gasteiger partial charge is 0.312 e. The highest BCUT2D eigenvalue weighted by Gasteiger charge is 2.11. The van der Waals surface area contributed by atoms with Gasteiger partial charge in [-0.2, -0.15) is 0 Å². The maximum absolute atomic E-state index is 12.6. The SMILES string of the molecule is CNC(CC(C)C)c1ccc(F)cn1. The molecule has 1 unspecified atom stereocenters. The van der Waals surface area contributed by atoms with Crippen molar-refractivity contribution in [2.75, 3.05) is 7.05 Å². The zero-order chi connectivity index (χ0) is 10.6. The monoisotopic (exact) mass is 196 g/mol. The first-order valence-corrected chi connectivity index (χ1v) is 4.92. The van der Waals surface area contributed by atoms with Crippen LogP contribution < -0.4 is 5.32 Å². The Morgan fingerprint density at radius 2 is 2.14 bits per heavy atom. The van der Waals surface area contributed by atoms with Crippen LogP contribution in [0.15, 0.2) is 18.3 Å². The van der Waals surface area contributed by atoms with Crippen molar-refractivity contribution in [1.82, 2.24) is 10.3 Å². The van der Waals surface area contributed by atoms with Gasteiger partial charge in [0.1, 0.15) is 5.82 Å². The molecule has 0 spiro atoms. The molecule has 1 rings (SSSR count). The van der Waals surface area contributed by atoms with E-state index in [0.29, 0.717) is 5.92 Å². The summed E-state index contributed by atoms with van der Waals surface area (Å²) >= 11 is 0. The van der Waals surface area contributed by atoms with E-state index in [-0.39, 0.29) is 11.9 Å². The quantitative estimate of drug-likeness (QED) is 0.800. The standard InChI is InChI=1S/C11H17FN2/c1-8(2)6-11(13-3)10-5-4-9(12)7-14-10/h4-5,7-8,11,13H,6H2,1-3H3. The molecule has 3 heteroatoms. The minimum atomic E-state index is -0.284. The van der Waals surface area contributed by atoms with E-state index >= 15 is 0 Å². The Labute approximate surface area is 84.6 Å². The molecule has 1 N–H and O–H groups in total. The van der Waals surface area contributed by atoms with E-state index in [0.717, 1.165) is 12.1 Å². The van der Waals surface area contributed by atoms with Crippen LogP contribution in [0, 0.1) is 11.7 Å². The molecule has 0 aromatic carbocycles. The molecule has 78 valence electrons. The van der Waals surface area contributed by atoms with Crippen LogP contribution >= 0.6 is 0 Å². The summed E-state index contributed by atoms with van der Waals surface area (Å²) in [4.78, 5) is 4.06. The highest BCUT2D eigenvalue weighted by atomic mass is 19.1. The highest BCUT2D eigenvalue weighted by molar-refractivity contribution is 5.09. The number of hydrogen-bond acceptors (Lipinski definition) is 2. The number of pyridine rings is 1.